The van der Waals surface area contributed by atoms with Gasteiger partial charge in [-0.05, 0) is 56.4 Å². The molecule has 1 spiro atoms. The summed E-state index contributed by atoms with van der Waals surface area (Å²) in [5.74, 6) is 0.620. The van der Waals surface area contributed by atoms with Crippen molar-refractivity contribution in [2.75, 3.05) is 19.7 Å². The minimum Gasteiger partial charge on any atom is -0.396 e. The molecule has 3 rings (SSSR count). The molecule has 2 atom stereocenters. The van der Waals surface area contributed by atoms with E-state index >= 15 is 0 Å². The minimum atomic E-state index is 0.422. The predicted octanol–water partition coefficient (Wildman–Crippen LogP) is 1.63. The lowest BCUT2D eigenvalue weighted by Crippen LogP contribution is -2.27. The van der Waals surface area contributed by atoms with E-state index in [0.717, 1.165) is 6.04 Å². The summed E-state index contributed by atoms with van der Waals surface area (Å²) < 4.78 is 0. The van der Waals surface area contributed by atoms with Crippen LogP contribution in [0.2, 0.25) is 0 Å². The molecule has 2 aliphatic carbocycles. The summed E-state index contributed by atoms with van der Waals surface area (Å²) in [6.07, 6.45) is 8.24. The Balaban J connectivity index is 1.63. The molecule has 0 aromatic rings. The Morgan fingerprint density at radius 2 is 2.07 bits per heavy atom. The molecule has 80 valence electrons. The van der Waals surface area contributed by atoms with E-state index in [-0.39, 0.29) is 0 Å². The third-order valence-corrected chi connectivity index (χ3v) is 4.59. The van der Waals surface area contributed by atoms with Crippen LogP contribution in [0.25, 0.3) is 0 Å². The maximum absolute atomic E-state index is 9.18. The Bertz CT molecular complexity index is 226. The number of hydrogen-bond donors (Lipinski definition) is 1. The van der Waals surface area contributed by atoms with Gasteiger partial charge in [-0.1, -0.05) is 0 Å². The van der Waals surface area contributed by atoms with Gasteiger partial charge in [0.1, 0.15) is 0 Å². The van der Waals surface area contributed by atoms with Crippen molar-refractivity contribution in [3.63, 3.8) is 0 Å². The normalized spacial score (nSPS) is 43.9. The lowest BCUT2D eigenvalue weighted by atomic mass is 9.84. The zero-order chi connectivity index (χ0) is 9.60. The molecule has 0 unspecified atom stereocenters. The molecule has 14 heavy (non-hydrogen) atoms. The van der Waals surface area contributed by atoms with Gasteiger partial charge < -0.3 is 5.11 Å². The van der Waals surface area contributed by atoms with Crippen LogP contribution in [0.3, 0.4) is 0 Å². The first kappa shape index (κ1) is 9.17. The fraction of sp³-hybridized carbons (Fsp3) is 1.00. The van der Waals surface area contributed by atoms with E-state index < -0.39 is 0 Å². The smallest absolute Gasteiger partial charge is 0.0459 e. The number of rotatable bonds is 2. The van der Waals surface area contributed by atoms with Gasteiger partial charge in [0.05, 0.1) is 0 Å². The van der Waals surface area contributed by atoms with Gasteiger partial charge in [-0.3, -0.25) is 4.90 Å². The van der Waals surface area contributed by atoms with Crippen molar-refractivity contribution < 1.29 is 5.11 Å². The van der Waals surface area contributed by atoms with Crippen molar-refractivity contribution in [1.29, 1.82) is 0 Å². The second kappa shape index (κ2) is 3.21. The molecule has 2 heteroatoms. The summed E-state index contributed by atoms with van der Waals surface area (Å²) >= 11 is 0. The number of aliphatic hydroxyl groups is 1. The average Bonchev–Trinajstić information content (AvgIpc) is 2.87. The van der Waals surface area contributed by atoms with Crippen LogP contribution in [0.15, 0.2) is 0 Å². The standard InChI is InChI=1S/C12H21NO/c14-8-10-3-4-12(7-10)5-6-13(9-12)11-1-2-11/h10-11,14H,1-9H2/t10-,12-/m1/s1. The Labute approximate surface area is 86.3 Å². The van der Waals surface area contributed by atoms with Gasteiger partial charge in [0, 0.05) is 19.2 Å². The predicted molar refractivity (Wildman–Crippen MR) is 56.1 cm³/mol. The molecule has 1 N–H and O–H groups in total. The molecule has 1 aliphatic heterocycles. The number of hydrogen-bond acceptors (Lipinski definition) is 2. The Morgan fingerprint density at radius 3 is 2.71 bits per heavy atom. The Morgan fingerprint density at radius 1 is 1.21 bits per heavy atom. The quantitative estimate of drug-likeness (QED) is 0.724. The van der Waals surface area contributed by atoms with Gasteiger partial charge in [-0.2, -0.15) is 0 Å². The third kappa shape index (κ3) is 1.49. The highest BCUT2D eigenvalue weighted by molar-refractivity contribution is 4.99. The second-order valence-electron chi connectivity index (χ2n) is 5.74. The van der Waals surface area contributed by atoms with Crippen LogP contribution in [0.5, 0.6) is 0 Å². The lowest BCUT2D eigenvalue weighted by Gasteiger charge is -2.24. The van der Waals surface area contributed by atoms with Crippen molar-refractivity contribution >= 4 is 0 Å². The monoisotopic (exact) mass is 195 g/mol. The molecule has 1 heterocycles. The summed E-state index contributed by atoms with van der Waals surface area (Å²) in [5.41, 5.74) is 0.621. The first-order valence-electron chi connectivity index (χ1n) is 6.16. The summed E-state index contributed by atoms with van der Waals surface area (Å²) in [6.45, 7) is 3.10. The first-order chi connectivity index (χ1) is 6.81. The maximum Gasteiger partial charge on any atom is 0.0459 e. The average molecular weight is 195 g/mol. The molecule has 2 saturated carbocycles. The Kier molecular flexibility index (Phi) is 2.10. The van der Waals surface area contributed by atoms with E-state index in [0.29, 0.717) is 17.9 Å². The molecular formula is C12H21NO. The maximum atomic E-state index is 9.18. The third-order valence-electron chi connectivity index (χ3n) is 4.59. The van der Waals surface area contributed by atoms with Crippen molar-refractivity contribution in [3.8, 4) is 0 Å². The van der Waals surface area contributed by atoms with Gasteiger partial charge in [0.15, 0.2) is 0 Å². The second-order valence-corrected chi connectivity index (χ2v) is 5.74. The highest BCUT2D eigenvalue weighted by atomic mass is 16.3. The number of nitrogens with zero attached hydrogens (tertiary/aromatic N) is 1. The van der Waals surface area contributed by atoms with Crippen LogP contribution in [-0.2, 0) is 0 Å². The SMILES string of the molecule is OC[C@@H]1CC[C@@]2(CCN(C3CC3)C2)C1. The highest BCUT2D eigenvalue weighted by Gasteiger charge is 2.46. The van der Waals surface area contributed by atoms with E-state index in [4.69, 9.17) is 0 Å². The van der Waals surface area contributed by atoms with Gasteiger partial charge in [0.2, 0.25) is 0 Å². The highest BCUT2D eigenvalue weighted by Crippen LogP contribution is 2.49. The van der Waals surface area contributed by atoms with Crippen molar-refractivity contribution in [3.05, 3.63) is 0 Å². The van der Waals surface area contributed by atoms with Crippen LogP contribution < -0.4 is 0 Å². The molecule has 3 fully saturated rings. The van der Waals surface area contributed by atoms with Crippen LogP contribution in [0, 0.1) is 11.3 Å². The van der Waals surface area contributed by atoms with Crippen LogP contribution in [0.4, 0.5) is 0 Å². The Hall–Kier alpha value is -0.0800. The molecule has 2 nitrogen and oxygen atoms in total. The van der Waals surface area contributed by atoms with E-state index in [1.54, 1.807) is 0 Å². The molecule has 0 aromatic heterocycles. The van der Waals surface area contributed by atoms with E-state index in [9.17, 15) is 5.11 Å². The van der Waals surface area contributed by atoms with Crippen LogP contribution in [0.1, 0.15) is 38.5 Å². The first-order valence-corrected chi connectivity index (χ1v) is 6.16. The fourth-order valence-corrected chi connectivity index (χ4v) is 3.57. The van der Waals surface area contributed by atoms with Gasteiger partial charge in [-0.25, -0.2) is 0 Å². The van der Waals surface area contributed by atoms with Crippen LogP contribution in [-0.4, -0.2) is 35.7 Å². The largest absolute Gasteiger partial charge is 0.396 e. The molecule has 0 radical (unpaired) electrons. The fourth-order valence-electron chi connectivity index (χ4n) is 3.57. The van der Waals surface area contributed by atoms with Gasteiger partial charge in [0.25, 0.3) is 0 Å². The molecule has 3 aliphatic rings. The van der Waals surface area contributed by atoms with E-state index in [1.807, 2.05) is 0 Å². The number of likely N-dealkylation sites (tertiary alicyclic amines) is 1. The van der Waals surface area contributed by atoms with Crippen LogP contribution >= 0.6 is 0 Å². The summed E-state index contributed by atoms with van der Waals surface area (Å²) in [7, 11) is 0. The zero-order valence-electron chi connectivity index (χ0n) is 8.91. The topological polar surface area (TPSA) is 23.5 Å². The summed E-state index contributed by atoms with van der Waals surface area (Å²) in [5, 5.41) is 9.18. The van der Waals surface area contributed by atoms with Crippen molar-refractivity contribution in [1.82, 2.24) is 4.90 Å². The van der Waals surface area contributed by atoms with Gasteiger partial charge in [-0.15, -0.1) is 0 Å². The summed E-state index contributed by atoms with van der Waals surface area (Å²) in [6, 6.07) is 0.947. The molecular weight excluding hydrogens is 174 g/mol. The van der Waals surface area contributed by atoms with Crippen molar-refractivity contribution in [2.24, 2.45) is 11.3 Å². The van der Waals surface area contributed by atoms with Gasteiger partial charge >= 0.3 is 0 Å². The minimum absolute atomic E-state index is 0.422. The molecule has 1 saturated heterocycles. The van der Waals surface area contributed by atoms with E-state index in [2.05, 4.69) is 4.90 Å². The molecule has 0 amide bonds. The lowest BCUT2D eigenvalue weighted by molar-refractivity contribution is 0.203. The van der Waals surface area contributed by atoms with Crippen molar-refractivity contribution in [2.45, 2.75) is 44.6 Å². The zero-order valence-corrected chi connectivity index (χ0v) is 8.91. The summed E-state index contributed by atoms with van der Waals surface area (Å²) in [4.78, 5) is 2.71. The number of aliphatic hydroxyl groups excluding tert-OH is 1. The molecule has 0 aromatic carbocycles. The molecule has 0 bridgehead atoms. The van der Waals surface area contributed by atoms with E-state index in [1.165, 1.54) is 51.6 Å².